The van der Waals surface area contributed by atoms with Gasteiger partial charge >= 0.3 is 5.76 Å². The summed E-state index contributed by atoms with van der Waals surface area (Å²) in [7, 11) is 0. The normalized spacial score (nSPS) is 13.5. The van der Waals surface area contributed by atoms with Crippen LogP contribution in [0.25, 0.3) is 22.5 Å². The van der Waals surface area contributed by atoms with E-state index in [4.69, 9.17) is 21.7 Å². The molecule has 0 saturated carbocycles. The number of hydrogen-bond donors (Lipinski definition) is 1. The van der Waals surface area contributed by atoms with Crippen LogP contribution in [-0.4, -0.2) is 42.7 Å². The van der Waals surface area contributed by atoms with Crippen molar-refractivity contribution in [3.8, 4) is 22.5 Å². The summed E-state index contributed by atoms with van der Waals surface area (Å²) in [5, 5.41) is 3.85. The maximum Gasteiger partial charge on any atom is 0.439 e. The van der Waals surface area contributed by atoms with E-state index in [2.05, 4.69) is 22.0 Å². The van der Waals surface area contributed by atoms with E-state index in [0.29, 0.717) is 24.4 Å². The van der Waals surface area contributed by atoms with E-state index in [1.807, 2.05) is 60.0 Å². The standard InChI is InChI=1S/C31H35N5O3S/c1-3-4-12-27-32-21(2)26(19-28(40)35-17-8-5-9-18-35)30(37)36(27)20-22-13-15-23(16-14-22)24-10-6-7-11-25(24)29-33-31(38)39-34-29/h6-7,10-11,13-16H,3-5,8-9,12,17-20H2,1-2H3,(H,33,34,38). The fraction of sp³-hybridized carbons (Fsp3) is 0.387. The molecule has 0 bridgehead atoms. The molecule has 2 aromatic heterocycles. The number of aromatic nitrogens is 4. The molecule has 0 aliphatic carbocycles. The van der Waals surface area contributed by atoms with Gasteiger partial charge in [-0.2, -0.15) is 0 Å². The monoisotopic (exact) mass is 557 g/mol. The van der Waals surface area contributed by atoms with Gasteiger partial charge in [0, 0.05) is 42.8 Å². The largest absolute Gasteiger partial charge is 0.439 e. The molecule has 0 unspecified atom stereocenters. The number of piperidine rings is 1. The summed E-state index contributed by atoms with van der Waals surface area (Å²) in [4.78, 5) is 36.0. The summed E-state index contributed by atoms with van der Waals surface area (Å²) in [5.41, 5.74) is 5.15. The van der Waals surface area contributed by atoms with Gasteiger partial charge in [0.25, 0.3) is 5.56 Å². The van der Waals surface area contributed by atoms with Gasteiger partial charge in [-0.25, -0.2) is 9.78 Å². The molecule has 1 saturated heterocycles. The number of thiocarbonyl (C=S) groups is 1. The van der Waals surface area contributed by atoms with Gasteiger partial charge < -0.3 is 4.90 Å². The molecule has 2 aromatic carbocycles. The minimum absolute atomic E-state index is 0.00220. The van der Waals surface area contributed by atoms with Crippen LogP contribution in [0.3, 0.4) is 0 Å². The SMILES string of the molecule is CCCCc1nc(C)c(CC(=S)N2CCCCC2)c(=O)n1Cc1ccc(-c2ccccc2-c2noc(=O)[nH]2)cc1. The van der Waals surface area contributed by atoms with Crippen molar-refractivity contribution >= 4 is 17.2 Å². The van der Waals surface area contributed by atoms with Crippen LogP contribution in [0.5, 0.6) is 0 Å². The Morgan fingerprint density at radius 1 is 1.02 bits per heavy atom. The van der Waals surface area contributed by atoms with E-state index in [-0.39, 0.29) is 5.56 Å². The van der Waals surface area contributed by atoms with Crippen LogP contribution in [0, 0.1) is 6.92 Å². The minimum atomic E-state index is -0.591. The Labute approximate surface area is 239 Å². The molecule has 1 aliphatic rings. The molecule has 208 valence electrons. The zero-order valence-electron chi connectivity index (χ0n) is 23.1. The Bertz CT molecular complexity index is 1600. The number of nitrogens with zero attached hydrogens (tertiary/aromatic N) is 4. The van der Waals surface area contributed by atoms with E-state index in [1.165, 1.54) is 6.42 Å². The lowest BCUT2D eigenvalue weighted by Crippen LogP contribution is -2.38. The lowest BCUT2D eigenvalue weighted by atomic mass is 9.98. The first-order valence-electron chi connectivity index (χ1n) is 14.1. The molecule has 0 amide bonds. The molecular formula is C31H35N5O3S. The number of aryl methyl sites for hydroxylation is 2. The van der Waals surface area contributed by atoms with Gasteiger partial charge in [0.05, 0.1) is 11.5 Å². The Morgan fingerprint density at radius 3 is 2.42 bits per heavy atom. The van der Waals surface area contributed by atoms with Crippen LogP contribution < -0.4 is 11.3 Å². The summed E-state index contributed by atoms with van der Waals surface area (Å²) < 4.78 is 6.55. The van der Waals surface area contributed by atoms with Crippen LogP contribution in [0.15, 0.2) is 62.6 Å². The molecule has 8 nitrogen and oxygen atoms in total. The summed E-state index contributed by atoms with van der Waals surface area (Å²) in [6, 6.07) is 15.8. The van der Waals surface area contributed by atoms with Crippen molar-refractivity contribution in [3.05, 3.63) is 92.1 Å². The number of H-pyrrole nitrogens is 1. The van der Waals surface area contributed by atoms with E-state index < -0.39 is 5.76 Å². The van der Waals surface area contributed by atoms with Gasteiger partial charge in [-0.1, -0.05) is 79.3 Å². The molecule has 0 spiro atoms. The van der Waals surface area contributed by atoms with E-state index in [0.717, 1.165) is 84.0 Å². The molecule has 3 heterocycles. The Morgan fingerprint density at radius 2 is 1.75 bits per heavy atom. The molecule has 5 rings (SSSR count). The summed E-state index contributed by atoms with van der Waals surface area (Å²) in [6.45, 7) is 6.45. The number of benzene rings is 2. The van der Waals surface area contributed by atoms with Crippen molar-refractivity contribution in [1.82, 2.24) is 24.6 Å². The summed E-state index contributed by atoms with van der Waals surface area (Å²) in [5.74, 6) is 0.617. The van der Waals surface area contributed by atoms with Gasteiger partial charge in [-0.15, -0.1) is 0 Å². The highest BCUT2D eigenvalue weighted by atomic mass is 32.1. The van der Waals surface area contributed by atoms with Crippen molar-refractivity contribution in [2.24, 2.45) is 0 Å². The topological polar surface area (TPSA) is 97.0 Å². The summed E-state index contributed by atoms with van der Waals surface area (Å²) in [6.07, 6.45) is 6.75. The molecule has 4 aromatic rings. The van der Waals surface area contributed by atoms with Gasteiger partial charge in [0.15, 0.2) is 5.82 Å². The van der Waals surface area contributed by atoms with Gasteiger partial charge in [-0.3, -0.25) is 18.9 Å². The van der Waals surface area contributed by atoms with Crippen LogP contribution in [0.2, 0.25) is 0 Å². The van der Waals surface area contributed by atoms with E-state index in [1.54, 1.807) is 0 Å². The maximum atomic E-state index is 13.9. The Balaban J connectivity index is 1.44. The predicted octanol–water partition coefficient (Wildman–Crippen LogP) is 5.31. The molecule has 40 heavy (non-hydrogen) atoms. The highest BCUT2D eigenvalue weighted by molar-refractivity contribution is 7.80. The molecule has 1 aliphatic heterocycles. The molecular weight excluding hydrogens is 522 g/mol. The van der Waals surface area contributed by atoms with Gasteiger partial charge in [0.2, 0.25) is 0 Å². The smallest absolute Gasteiger partial charge is 0.366 e. The first-order valence-corrected chi connectivity index (χ1v) is 14.5. The number of unbranched alkanes of at least 4 members (excludes halogenated alkanes) is 1. The molecule has 1 N–H and O–H groups in total. The number of rotatable bonds is 9. The van der Waals surface area contributed by atoms with Crippen LogP contribution in [0.1, 0.15) is 61.7 Å². The Hall–Kier alpha value is -3.85. The van der Waals surface area contributed by atoms with Crippen molar-refractivity contribution in [1.29, 1.82) is 0 Å². The first-order chi connectivity index (χ1) is 19.4. The van der Waals surface area contributed by atoms with Crippen LogP contribution >= 0.6 is 12.2 Å². The van der Waals surface area contributed by atoms with Crippen molar-refractivity contribution in [3.63, 3.8) is 0 Å². The molecule has 0 atom stereocenters. The second kappa shape index (κ2) is 12.6. The third-order valence-corrected chi connectivity index (χ3v) is 7.97. The van der Waals surface area contributed by atoms with Crippen LogP contribution in [-0.2, 0) is 19.4 Å². The molecule has 0 radical (unpaired) electrons. The van der Waals surface area contributed by atoms with Crippen molar-refractivity contribution in [2.45, 2.75) is 65.3 Å². The number of hydrogen-bond acceptors (Lipinski definition) is 6. The van der Waals surface area contributed by atoms with Crippen molar-refractivity contribution < 1.29 is 4.52 Å². The first kappa shape index (κ1) is 27.7. The van der Waals surface area contributed by atoms with Gasteiger partial charge in [0.1, 0.15) is 5.82 Å². The lowest BCUT2D eigenvalue weighted by molar-refractivity contribution is 0.343. The fourth-order valence-electron chi connectivity index (χ4n) is 5.31. The maximum absolute atomic E-state index is 13.9. The highest BCUT2D eigenvalue weighted by Crippen LogP contribution is 2.30. The quantitative estimate of drug-likeness (QED) is 0.279. The number of aromatic amines is 1. The molecule has 9 heteroatoms. The highest BCUT2D eigenvalue weighted by Gasteiger charge is 2.20. The number of likely N-dealkylation sites (tertiary alicyclic amines) is 1. The van der Waals surface area contributed by atoms with Crippen LogP contribution in [0.4, 0.5) is 0 Å². The van der Waals surface area contributed by atoms with Gasteiger partial charge in [-0.05, 0) is 49.3 Å². The van der Waals surface area contributed by atoms with E-state index in [9.17, 15) is 9.59 Å². The lowest BCUT2D eigenvalue weighted by Gasteiger charge is -2.29. The summed E-state index contributed by atoms with van der Waals surface area (Å²) >= 11 is 5.78. The van der Waals surface area contributed by atoms with E-state index >= 15 is 0 Å². The fourth-order valence-corrected chi connectivity index (χ4v) is 5.64. The number of nitrogens with one attached hydrogen (secondary N) is 1. The third kappa shape index (κ3) is 6.14. The molecule has 1 fully saturated rings. The zero-order chi connectivity index (χ0) is 28.1. The third-order valence-electron chi connectivity index (χ3n) is 7.57. The van der Waals surface area contributed by atoms with Crippen molar-refractivity contribution in [2.75, 3.05) is 13.1 Å². The second-order valence-corrected chi connectivity index (χ2v) is 10.9. The average Bonchev–Trinajstić information content (AvgIpc) is 3.42. The average molecular weight is 558 g/mol. The predicted molar refractivity (Wildman–Crippen MR) is 161 cm³/mol. The Kier molecular flexibility index (Phi) is 8.69. The minimum Gasteiger partial charge on any atom is -0.366 e. The second-order valence-electron chi connectivity index (χ2n) is 10.4. The zero-order valence-corrected chi connectivity index (χ0v) is 23.9.